The van der Waals surface area contributed by atoms with Crippen molar-refractivity contribution in [3.63, 3.8) is 0 Å². The first kappa shape index (κ1) is 24.9. The van der Waals surface area contributed by atoms with Crippen LogP contribution in [0.5, 0.6) is 0 Å². The number of nitrogens with one attached hydrogen (secondary N) is 3. The summed E-state index contributed by atoms with van der Waals surface area (Å²) in [6.07, 6.45) is 2.16. The van der Waals surface area contributed by atoms with E-state index in [1.807, 2.05) is 49.3 Å². The van der Waals surface area contributed by atoms with Crippen molar-refractivity contribution >= 4 is 11.8 Å². The second-order valence-electron chi connectivity index (χ2n) is 9.88. The van der Waals surface area contributed by atoms with Crippen LogP contribution in [0.2, 0.25) is 0 Å². The van der Waals surface area contributed by atoms with Crippen molar-refractivity contribution in [1.82, 2.24) is 36.1 Å². The van der Waals surface area contributed by atoms with Crippen LogP contribution in [-0.2, 0) is 9.59 Å². The zero-order chi connectivity index (χ0) is 26.1. The maximum atomic E-state index is 14.8. The van der Waals surface area contributed by atoms with Gasteiger partial charge in [-0.25, -0.2) is 9.37 Å². The summed E-state index contributed by atoms with van der Waals surface area (Å²) in [5.41, 5.74) is 7.34. The third-order valence-corrected chi connectivity index (χ3v) is 6.93. The van der Waals surface area contributed by atoms with Gasteiger partial charge in [0.2, 0.25) is 17.8 Å². The van der Waals surface area contributed by atoms with Crippen LogP contribution in [0.25, 0.3) is 0 Å². The molecule has 3 atom stereocenters. The van der Waals surface area contributed by atoms with Crippen LogP contribution < -0.4 is 16.3 Å². The molecule has 1 aliphatic carbocycles. The normalized spacial score (nSPS) is 21.9. The predicted octanol–water partition coefficient (Wildman–Crippen LogP) is 1.93. The first-order chi connectivity index (χ1) is 17.8. The van der Waals surface area contributed by atoms with E-state index < -0.39 is 36.0 Å². The van der Waals surface area contributed by atoms with E-state index in [2.05, 4.69) is 21.3 Å². The predicted molar refractivity (Wildman–Crippen MR) is 132 cm³/mol. The number of carbonyl (C=O) groups is 2. The standard InChI is InChI=1S/C26H31F2N7O2/c1-33(2)22-13-29-32-35(22)15-23(36)34-14-18(27)12-21(34)26(37)31-24(17-6-4-3-5-7-17)20-11-10-19(16-8-9-16)25(28)30-20/h3-7,10-11,13,16,18,21,24,29,32H,8-9,12,14-15H2,1-2H3,(H,31,37)/t18-,21+,24+/m1/s1. The Bertz CT molecular complexity index is 1190. The summed E-state index contributed by atoms with van der Waals surface area (Å²) in [6, 6.07) is 10.8. The van der Waals surface area contributed by atoms with Gasteiger partial charge in [-0.3, -0.25) is 14.6 Å². The van der Waals surface area contributed by atoms with E-state index in [1.54, 1.807) is 23.3 Å². The molecule has 9 nitrogen and oxygen atoms in total. The Morgan fingerprint density at radius 1 is 1.19 bits per heavy atom. The second kappa shape index (κ2) is 10.3. The average Bonchev–Trinajstić information content (AvgIpc) is 3.48. The molecule has 11 heteroatoms. The lowest BCUT2D eigenvalue weighted by molar-refractivity contribution is -0.139. The molecule has 1 saturated carbocycles. The molecule has 0 spiro atoms. The number of pyridine rings is 1. The molecule has 2 amide bonds. The molecule has 1 aromatic heterocycles. The number of alkyl halides is 1. The molecule has 2 fully saturated rings. The fourth-order valence-corrected chi connectivity index (χ4v) is 4.87. The van der Waals surface area contributed by atoms with Crippen molar-refractivity contribution in [2.75, 3.05) is 27.2 Å². The molecule has 0 radical (unpaired) electrons. The van der Waals surface area contributed by atoms with Gasteiger partial charge < -0.3 is 20.5 Å². The molecule has 3 aliphatic rings. The minimum atomic E-state index is -1.32. The number of benzene rings is 1. The highest BCUT2D eigenvalue weighted by Crippen LogP contribution is 2.41. The van der Waals surface area contributed by atoms with E-state index in [1.165, 1.54) is 4.90 Å². The summed E-state index contributed by atoms with van der Waals surface area (Å²) >= 11 is 0. The third-order valence-electron chi connectivity index (χ3n) is 6.93. The second-order valence-corrected chi connectivity index (χ2v) is 9.88. The highest BCUT2D eigenvalue weighted by Gasteiger charge is 2.41. The maximum Gasteiger partial charge on any atom is 0.244 e. The number of aromatic nitrogens is 1. The van der Waals surface area contributed by atoms with Crippen LogP contribution in [0.15, 0.2) is 54.5 Å². The topological polar surface area (TPSA) is 92.8 Å². The van der Waals surface area contributed by atoms with Gasteiger partial charge in [0.1, 0.15) is 24.6 Å². The molecular formula is C26H31F2N7O2. The Balaban J connectivity index is 1.35. The van der Waals surface area contributed by atoms with E-state index in [-0.39, 0.29) is 25.4 Å². The molecule has 37 heavy (non-hydrogen) atoms. The number of hydrogen-bond acceptors (Lipinski definition) is 7. The highest BCUT2D eigenvalue weighted by molar-refractivity contribution is 5.89. The lowest BCUT2D eigenvalue weighted by Gasteiger charge is -2.30. The van der Waals surface area contributed by atoms with Crippen LogP contribution in [0.4, 0.5) is 8.78 Å². The summed E-state index contributed by atoms with van der Waals surface area (Å²) < 4.78 is 29.3. The number of halogens is 2. The molecule has 5 rings (SSSR count). The third kappa shape index (κ3) is 5.36. The van der Waals surface area contributed by atoms with Gasteiger partial charge in [0.05, 0.1) is 24.5 Å². The van der Waals surface area contributed by atoms with Gasteiger partial charge in [-0.15, -0.1) is 5.53 Å². The number of carbonyl (C=O) groups excluding carboxylic acids is 2. The molecule has 0 bridgehead atoms. The van der Waals surface area contributed by atoms with Crippen molar-refractivity contribution in [3.8, 4) is 0 Å². The Labute approximate surface area is 214 Å². The highest BCUT2D eigenvalue weighted by atomic mass is 19.1. The van der Waals surface area contributed by atoms with E-state index in [9.17, 15) is 18.4 Å². The van der Waals surface area contributed by atoms with E-state index in [0.717, 1.165) is 18.7 Å². The largest absolute Gasteiger partial charge is 0.362 e. The van der Waals surface area contributed by atoms with Crippen LogP contribution in [0.3, 0.4) is 0 Å². The van der Waals surface area contributed by atoms with Gasteiger partial charge in [-0.1, -0.05) is 36.4 Å². The van der Waals surface area contributed by atoms with Crippen molar-refractivity contribution in [1.29, 1.82) is 0 Å². The molecule has 1 aromatic carbocycles. The Kier molecular flexibility index (Phi) is 6.96. The summed E-state index contributed by atoms with van der Waals surface area (Å²) in [6.45, 7) is -0.261. The molecule has 1 saturated heterocycles. The molecule has 196 valence electrons. The fraction of sp³-hybridized carbons (Fsp3) is 0.423. The van der Waals surface area contributed by atoms with Crippen LogP contribution in [0, 0.1) is 5.95 Å². The van der Waals surface area contributed by atoms with Crippen molar-refractivity contribution in [2.24, 2.45) is 0 Å². The lowest BCUT2D eigenvalue weighted by Crippen LogP contribution is -2.52. The average molecular weight is 512 g/mol. The van der Waals surface area contributed by atoms with Gasteiger partial charge in [0, 0.05) is 26.1 Å². The summed E-state index contributed by atoms with van der Waals surface area (Å²) in [7, 11) is 3.67. The number of hydrogen-bond donors (Lipinski definition) is 3. The first-order valence-electron chi connectivity index (χ1n) is 12.4. The van der Waals surface area contributed by atoms with Gasteiger partial charge in [0.15, 0.2) is 0 Å². The minimum absolute atomic E-state index is 0.0922. The molecule has 2 aliphatic heterocycles. The number of rotatable bonds is 8. The zero-order valence-corrected chi connectivity index (χ0v) is 20.8. The Hall–Kier alpha value is -3.73. The molecule has 2 aromatic rings. The SMILES string of the molecule is CN(C)C1=CNNN1CC(=O)N1C[C@H](F)C[C@H]1C(=O)N[C@@H](c1ccccc1)c1ccc(C2CC2)c(F)n1. The van der Waals surface area contributed by atoms with Gasteiger partial charge in [0.25, 0.3) is 0 Å². The van der Waals surface area contributed by atoms with Crippen LogP contribution >= 0.6 is 0 Å². The molecule has 0 unspecified atom stereocenters. The van der Waals surface area contributed by atoms with E-state index in [4.69, 9.17) is 0 Å². The molecule has 3 heterocycles. The monoisotopic (exact) mass is 511 g/mol. The minimum Gasteiger partial charge on any atom is -0.362 e. The van der Waals surface area contributed by atoms with E-state index >= 15 is 0 Å². The van der Waals surface area contributed by atoms with E-state index in [0.29, 0.717) is 16.8 Å². The first-order valence-corrected chi connectivity index (χ1v) is 12.4. The number of hydrazine groups is 2. The summed E-state index contributed by atoms with van der Waals surface area (Å²) in [4.78, 5) is 33.9. The van der Waals surface area contributed by atoms with Crippen LogP contribution in [0.1, 0.15) is 48.0 Å². The van der Waals surface area contributed by atoms with Crippen molar-refractivity contribution < 1.29 is 18.4 Å². The smallest absolute Gasteiger partial charge is 0.244 e. The summed E-state index contributed by atoms with van der Waals surface area (Å²) in [5.74, 6) is -0.510. The summed E-state index contributed by atoms with van der Waals surface area (Å²) in [5, 5.41) is 4.51. The quantitative estimate of drug-likeness (QED) is 0.467. The Morgan fingerprint density at radius 3 is 2.62 bits per heavy atom. The maximum absolute atomic E-state index is 14.8. The number of likely N-dealkylation sites (tertiary alicyclic amines) is 1. The van der Waals surface area contributed by atoms with Gasteiger partial charge in [-0.05, 0) is 30.4 Å². The van der Waals surface area contributed by atoms with Crippen molar-refractivity contribution in [2.45, 2.75) is 43.4 Å². The van der Waals surface area contributed by atoms with Gasteiger partial charge >= 0.3 is 0 Å². The zero-order valence-electron chi connectivity index (χ0n) is 20.8. The fourth-order valence-electron chi connectivity index (χ4n) is 4.87. The Morgan fingerprint density at radius 2 is 1.95 bits per heavy atom. The molecular weight excluding hydrogens is 480 g/mol. The van der Waals surface area contributed by atoms with Crippen LogP contribution in [-0.4, -0.2) is 71.0 Å². The number of amides is 2. The number of nitrogens with zero attached hydrogens (tertiary/aromatic N) is 4. The molecule has 3 N–H and O–H groups in total. The van der Waals surface area contributed by atoms with Crippen molar-refractivity contribution in [3.05, 3.63) is 77.3 Å². The lowest BCUT2D eigenvalue weighted by atomic mass is 10.0. The van der Waals surface area contributed by atoms with Gasteiger partial charge in [-0.2, -0.15) is 4.39 Å².